The van der Waals surface area contributed by atoms with Crippen molar-refractivity contribution in [1.82, 2.24) is 0 Å². The zero-order chi connectivity index (χ0) is 20.3. The highest BCUT2D eigenvalue weighted by atomic mass is 16.7. The summed E-state index contributed by atoms with van der Waals surface area (Å²) in [5.74, 6) is -2.86. The minimum absolute atomic E-state index is 0.0863. The van der Waals surface area contributed by atoms with Crippen LogP contribution in [0.1, 0.15) is 52.9 Å². The molecule has 4 bridgehead atoms. The van der Waals surface area contributed by atoms with E-state index >= 15 is 0 Å². The second kappa shape index (κ2) is 5.39. The molecule has 9 atom stereocenters. The Hall–Kier alpha value is -0.950. The fourth-order valence-electron chi connectivity index (χ4n) is 8.53. The van der Waals surface area contributed by atoms with Crippen LogP contribution in [-0.2, 0) is 14.3 Å². The molecule has 3 N–H and O–H groups in total. The molecule has 28 heavy (non-hydrogen) atoms. The van der Waals surface area contributed by atoms with Crippen LogP contribution in [0.15, 0.2) is 12.2 Å². The summed E-state index contributed by atoms with van der Waals surface area (Å²) in [4.78, 5) is 12.1. The Morgan fingerprint density at radius 1 is 1.25 bits per heavy atom. The Labute approximate surface area is 165 Å². The summed E-state index contributed by atoms with van der Waals surface area (Å²) >= 11 is 0. The van der Waals surface area contributed by atoms with Gasteiger partial charge >= 0.3 is 5.97 Å². The molecule has 2 aliphatic heterocycles. The molecule has 0 aromatic heterocycles. The first kappa shape index (κ1) is 19.0. The molecule has 2 heterocycles. The number of carbonyl (C=O) groups is 1. The number of hydrogen-bond donors (Lipinski definition) is 3. The summed E-state index contributed by atoms with van der Waals surface area (Å²) in [5.41, 5.74) is -1.22. The highest BCUT2D eigenvalue weighted by Crippen LogP contribution is 2.77. The standard InChI is InChI=1S/C22H32O6/c1-11-13-6-7-14-20-9-5-8-19(3,4)15(20)18(28-12(2)23)22(26,27-10-20)21(14,16(11)24)17(13)25/h13-18,24-26H,1,5-10H2,2-4H3. The number of esters is 1. The third-order valence-electron chi connectivity index (χ3n) is 9.27. The van der Waals surface area contributed by atoms with E-state index in [2.05, 4.69) is 20.4 Å². The monoisotopic (exact) mass is 392 g/mol. The predicted octanol–water partition coefficient (Wildman–Crippen LogP) is 1.77. The number of aliphatic hydroxyl groups excluding tert-OH is 2. The summed E-state index contributed by atoms with van der Waals surface area (Å²) in [6, 6.07) is 0. The van der Waals surface area contributed by atoms with Crippen molar-refractivity contribution in [2.75, 3.05) is 6.61 Å². The zero-order valence-corrected chi connectivity index (χ0v) is 17.0. The van der Waals surface area contributed by atoms with Gasteiger partial charge in [0.25, 0.3) is 0 Å². The molecular formula is C22H32O6. The van der Waals surface area contributed by atoms with E-state index < -0.39 is 35.5 Å². The maximum atomic E-state index is 12.1. The van der Waals surface area contributed by atoms with Crippen LogP contribution < -0.4 is 0 Å². The van der Waals surface area contributed by atoms with Gasteiger partial charge in [0.05, 0.1) is 24.2 Å². The molecule has 0 aromatic carbocycles. The molecule has 156 valence electrons. The van der Waals surface area contributed by atoms with Crippen LogP contribution >= 0.6 is 0 Å². The van der Waals surface area contributed by atoms with E-state index in [4.69, 9.17) is 9.47 Å². The largest absolute Gasteiger partial charge is 0.456 e. The smallest absolute Gasteiger partial charge is 0.303 e. The third kappa shape index (κ3) is 1.79. The highest BCUT2D eigenvalue weighted by Gasteiger charge is 2.86. The van der Waals surface area contributed by atoms with Crippen LogP contribution in [0.4, 0.5) is 0 Å². The van der Waals surface area contributed by atoms with Crippen LogP contribution in [0.5, 0.6) is 0 Å². The Balaban J connectivity index is 1.78. The number of rotatable bonds is 1. The van der Waals surface area contributed by atoms with Gasteiger partial charge in [-0.25, -0.2) is 0 Å². The lowest BCUT2D eigenvalue weighted by atomic mass is 9.36. The maximum absolute atomic E-state index is 12.1. The van der Waals surface area contributed by atoms with Gasteiger partial charge in [-0.15, -0.1) is 0 Å². The number of hydrogen-bond acceptors (Lipinski definition) is 6. The van der Waals surface area contributed by atoms with Crippen molar-refractivity contribution in [2.24, 2.45) is 34.0 Å². The lowest BCUT2D eigenvalue weighted by molar-refractivity contribution is -0.467. The summed E-state index contributed by atoms with van der Waals surface area (Å²) in [6.07, 6.45) is 1.49. The number of carbonyl (C=O) groups excluding carboxylic acids is 1. The predicted molar refractivity (Wildman–Crippen MR) is 99.8 cm³/mol. The van der Waals surface area contributed by atoms with E-state index in [9.17, 15) is 20.1 Å². The molecule has 6 aliphatic rings. The van der Waals surface area contributed by atoms with E-state index in [-0.39, 0.29) is 28.6 Å². The highest BCUT2D eigenvalue weighted by molar-refractivity contribution is 5.66. The van der Waals surface area contributed by atoms with Gasteiger partial charge in [-0.2, -0.15) is 0 Å². The fourth-order valence-corrected chi connectivity index (χ4v) is 8.53. The van der Waals surface area contributed by atoms with Gasteiger partial charge in [0.2, 0.25) is 5.79 Å². The molecule has 6 heteroatoms. The summed E-state index contributed by atoms with van der Waals surface area (Å²) < 4.78 is 11.9. The van der Waals surface area contributed by atoms with Gasteiger partial charge < -0.3 is 24.8 Å². The number of fused-ring (bicyclic) bond motifs is 2. The second-order valence-corrected chi connectivity index (χ2v) is 10.7. The number of aliphatic hydroxyl groups is 3. The summed E-state index contributed by atoms with van der Waals surface area (Å²) in [5, 5.41) is 34.8. The molecule has 4 saturated carbocycles. The number of ether oxygens (including phenoxy) is 2. The van der Waals surface area contributed by atoms with Crippen LogP contribution in [0.25, 0.3) is 0 Å². The van der Waals surface area contributed by atoms with E-state index in [1.165, 1.54) is 6.92 Å². The van der Waals surface area contributed by atoms with Crippen molar-refractivity contribution in [2.45, 2.75) is 77.0 Å². The van der Waals surface area contributed by atoms with Crippen LogP contribution in [0.3, 0.4) is 0 Å². The molecule has 9 unspecified atom stereocenters. The third-order valence-corrected chi connectivity index (χ3v) is 9.27. The van der Waals surface area contributed by atoms with Gasteiger partial charge in [-0.3, -0.25) is 4.79 Å². The van der Waals surface area contributed by atoms with Crippen molar-refractivity contribution in [1.29, 1.82) is 0 Å². The van der Waals surface area contributed by atoms with Gasteiger partial charge in [-0.1, -0.05) is 26.8 Å². The summed E-state index contributed by atoms with van der Waals surface area (Å²) in [7, 11) is 0. The SMILES string of the molecule is C=C1C2CCC3C45CCCC(C)(C)C4C(OC(C)=O)C(O)(OC5)C3(C1O)C2O. The van der Waals surface area contributed by atoms with Crippen molar-refractivity contribution < 1.29 is 29.6 Å². The minimum Gasteiger partial charge on any atom is -0.456 e. The van der Waals surface area contributed by atoms with Crippen molar-refractivity contribution in [3.63, 3.8) is 0 Å². The lowest BCUT2D eigenvalue weighted by Crippen LogP contribution is -2.84. The first-order valence-electron chi connectivity index (χ1n) is 10.6. The van der Waals surface area contributed by atoms with Crippen LogP contribution in [-0.4, -0.2) is 52.0 Å². The zero-order valence-electron chi connectivity index (χ0n) is 17.0. The molecular weight excluding hydrogens is 360 g/mol. The van der Waals surface area contributed by atoms with Gasteiger partial charge in [0.15, 0.2) is 6.10 Å². The lowest BCUT2D eigenvalue weighted by Gasteiger charge is -2.75. The van der Waals surface area contributed by atoms with E-state index in [1.807, 2.05) is 0 Å². The first-order chi connectivity index (χ1) is 13.0. The molecule has 6 rings (SSSR count). The van der Waals surface area contributed by atoms with Crippen molar-refractivity contribution in [3.8, 4) is 0 Å². The second-order valence-electron chi connectivity index (χ2n) is 10.7. The Morgan fingerprint density at radius 2 is 1.96 bits per heavy atom. The quantitative estimate of drug-likeness (QED) is 0.465. The first-order valence-corrected chi connectivity index (χ1v) is 10.6. The minimum atomic E-state index is -1.93. The normalized spacial score (nSPS) is 56.1. The average molecular weight is 392 g/mol. The molecule has 6 nitrogen and oxygen atoms in total. The topological polar surface area (TPSA) is 96.2 Å². The molecule has 0 aromatic rings. The Bertz CT molecular complexity index is 747. The molecule has 6 fully saturated rings. The molecule has 4 aliphatic carbocycles. The molecule has 0 amide bonds. The van der Waals surface area contributed by atoms with Crippen molar-refractivity contribution in [3.05, 3.63) is 12.2 Å². The summed E-state index contributed by atoms with van der Waals surface area (Å²) in [6.45, 7) is 10.1. The van der Waals surface area contributed by atoms with Crippen molar-refractivity contribution >= 4 is 5.97 Å². The average Bonchev–Trinajstić information content (AvgIpc) is 2.72. The Kier molecular flexibility index (Phi) is 3.67. The van der Waals surface area contributed by atoms with E-state index in [0.29, 0.717) is 12.2 Å². The van der Waals surface area contributed by atoms with E-state index in [0.717, 1.165) is 32.1 Å². The Morgan fingerprint density at radius 3 is 2.64 bits per heavy atom. The van der Waals surface area contributed by atoms with Gasteiger partial charge in [-0.05, 0) is 42.6 Å². The van der Waals surface area contributed by atoms with Crippen LogP contribution in [0.2, 0.25) is 0 Å². The van der Waals surface area contributed by atoms with E-state index in [1.54, 1.807) is 0 Å². The fraction of sp³-hybridized carbons (Fsp3) is 0.864. The molecule has 2 saturated heterocycles. The maximum Gasteiger partial charge on any atom is 0.303 e. The van der Waals surface area contributed by atoms with Gasteiger partial charge in [0.1, 0.15) is 0 Å². The molecule has 0 radical (unpaired) electrons. The van der Waals surface area contributed by atoms with Crippen LogP contribution in [0, 0.1) is 34.0 Å². The van der Waals surface area contributed by atoms with Gasteiger partial charge in [0, 0.05) is 24.2 Å². The molecule has 2 spiro atoms.